The van der Waals surface area contributed by atoms with Gasteiger partial charge >= 0.3 is 6.03 Å². The van der Waals surface area contributed by atoms with Crippen molar-refractivity contribution in [2.75, 3.05) is 13.1 Å². The predicted octanol–water partition coefficient (Wildman–Crippen LogP) is 3.19. The maximum Gasteiger partial charge on any atom is 0.333 e. The van der Waals surface area contributed by atoms with Crippen LogP contribution in [0, 0.1) is 5.41 Å². The van der Waals surface area contributed by atoms with E-state index < -0.39 is 23.3 Å². The molecular weight excluding hydrogens is 344 g/mol. The van der Waals surface area contributed by atoms with Gasteiger partial charge < -0.3 is 0 Å². The summed E-state index contributed by atoms with van der Waals surface area (Å²) in [5.74, 6) is -1.42. The number of hydrogen-bond acceptors (Lipinski definition) is 4. The second-order valence-corrected chi connectivity index (χ2v) is 7.11. The van der Waals surface area contributed by atoms with Gasteiger partial charge in [-0.3, -0.25) is 24.2 Å². The van der Waals surface area contributed by atoms with Crippen LogP contribution in [-0.2, 0) is 9.59 Å². The highest BCUT2D eigenvalue weighted by atomic mass is 16.2. The number of nitrogens with zero attached hydrogens (tertiary/aromatic N) is 2. The van der Waals surface area contributed by atoms with Crippen molar-refractivity contribution in [2.24, 2.45) is 5.41 Å². The number of urea groups is 1. The van der Waals surface area contributed by atoms with E-state index in [1.165, 1.54) is 0 Å². The van der Waals surface area contributed by atoms with E-state index in [4.69, 9.17) is 0 Å². The number of carbonyl (C=O) groups excluding carboxylic acids is 4. The third-order valence-electron chi connectivity index (χ3n) is 5.45. The lowest BCUT2D eigenvalue weighted by atomic mass is 9.73. The lowest BCUT2D eigenvalue weighted by Gasteiger charge is -2.43. The SMILES string of the molecule is CCN1C(=O)N(CC(=O)c2ccccc2)C(=O)C(C)(C2=CCCCC2)C1=O. The minimum Gasteiger partial charge on any atom is -0.292 e. The van der Waals surface area contributed by atoms with Crippen molar-refractivity contribution in [1.82, 2.24) is 9.80 Å². The highest BCUT2D eigenvalue weighted by Gasteiger charge is 2.56. The van der Waals surface area contributed by atoms with Gasteiger partial charge in [0, 0.05) is 12.1 Å². The molecule has 1 heterocycles. The number of allylic oxidation sites excluding steroid dienone is 1. The summed E-state index contributed by atoms with van der Waals surface area (Å²) in [6.45, 7) is 3.07. The van der Waals surface area contributed by atoms with Crippen molar-refractivity contribution in [2.45, 2.75) is 39.5 Å². The van der Waals surface area contributed by atoms with Crippen molar-refractivity contribution in [3.63, 3.8) is 0 Å². The van der Waals surface area contributed by atoms with Crippen LogP contribution in [0.1, 0.15) is 49.9 Å². The topological polar surface area (TPSA) is 74.8 Å². The fourth-order valence-corrected chi connectivity index (χ4v) is 3.79. The molecule has 0 aromatic heterocycles. The van der Waals surface area contributed by atoms with Crippen LogP contribution in [0.25, 0.3) is 0 Å². The number of hydrogen-bond donors (Lipinski definition) is 0. The molecule has 1 aromatic rings. The Morgan fingerprint density at radius 1 is 1.04 bits per heavy atom. The molecule has 2 aliphatic rings. The van der Waals surface area contributed by atoms with E-state index in [1.807, 2.05) is 6.08 Å². The number of amides is 4. The van der Waals surface area contributed by atoms with Gasteiger partial charge in [-0.15, -0.1) is 0 Å². The van der Waals surface area contributed by atoms with Crippen molar-refractivity contribution in [3.8, 4) is 0 Å². The summed E-state index contributed by atoms with van der Waals surface area (Å²) in [5, 5.41) is 0. The van der Waals surface area contributed by atoms with Crippen molar-refractivity contribution in [1.29, 1.82) is 0 Å². The first-order chi connectivity index (χ1) is 12.9. The standard InChI is InChI=1S/C21H24N2O4/c1-3-22-18(25)21(2,16-12-8-5-9-13-16)19(26)23(20(22)27)14-17(24)15-10-6-4-7-11-15/h4,6-7,10-12H,3,5,8-9,13-14H2,1-2H3. The second-order valence-electron chi connectivity index (χ2n) is 7.11. The van der Waals surface area contributed by atoms with Gasteiger partial charge in [0.2, 0.25) is 5.91 Å². The van der Waals surface area contributed by atoms with Crippen LogP contribution in [0.15, 0.2) is 42.0 Å². The Kier molecular flexibility index (Phi) is 5.26. The van der Waals surface area contributed by atoms with Gasteiger partial charge in [-0.1, -0.05) is 36.4 Å². The van der Waals surface area contributed by atoms with E-state index in [0.717, 1.165) is 34.6 Å². The summed E-state index contributed by atoms with van der Waals surface area (Å²) < 4.78 is 0. The number of carbonyl (C=O) groups is 4. The molecule has 1 aromatic carbocycles. The van der Waals surface area contributed by atoms with E-state index in [2.05, 4.69) is 0 Å². The average Bonchev–Trinajstić information content (AvgIpc) is 2.71. The second kappa shape index (κ2) is 7.47. The minimum absolute atomic E-state index is 0.157. The van der Waals surface area contributed by atoms with E-state index in [0.29, 0.717) is 12.0 Å². The Balaban J connectivity index is 1.96. The van der Waals surface area contributed by atoms with Gasteiger partial charge in [-0.25, -0.2) is 4.79 Å². The Morgan fingerprint density at radius 3 is 2.30 bits per heavy atom. The molecule has 3 rings (SSSR count). The number of ketones is 1. The fourth-order valence-electron chi connectivity index (χ4n) is 3.79. The van der Waals surface area contributed by atoms with Crippen molar-refractivity contribution >= 4 is 23.6 Å². The minimum atomic E-state index is -1.42. The van der Waals surface area contributed by atoms with Gasteiger partial charge in [-0.2, -0.15) is 0 Å². The number of rotatable bonds is 5. The highest BCUT2D eigenvalue weighted by Crippen LogP contribution is 2.40. The molecule has 6 nitrogen and oxygen atoms in total. The molecule has 1 atom stereocenters. The van der Waals surface area contributed by atoms with Crippen LogP contribution in [0.4, 0.5) is 4.79 Å². The van der Waals surface area contributed by atoms with E-state index in [-0.39, 0.29) is 18.9 Å². The highest BCUT2D eigenvalue weighted by molar-refractivity contribution is 6.22. The lowest BCUT2D eigenvalue weighted by molar-refractivity contribution is -0.154. The molecule has 1 fully saturated rings. The quantitative estimate of drug-likeness (QED) is 0.454. The Morgan fingerprint density at radius 2 is 1.70 bits per heavy atom. The van der Waals surface area contributed by atoms with E-state index >= 15 is 0 Å². The summed E-state index contributed by atoms with van der Waals surface area (Å²) >= 11 is 0. The van der Waals surface area contributed by atoms with Crippen LogP contribution < -0.4 is 0 Å². The maximum absolute atomic E-state index is 13.3. The van der Waals surface area contributed by atoms with Gasteiger partial charge in [0.15, 0.2) is 5.78 Å². The largest absolute Gasteiger partial charge is 0.333 e. The Labute approximate surface area is 158 Å². The zero-order chi connectivity index (χ0) is 19.6. The summed E-state index contributed by atoms with van der Waals surface area (Å²) in [7, 11) is 0. The van der Waals surface area contributed by atoms with Crippen molar-refractivity contribution in [3.05, 3.63) is 47.5 Å². The van der Waals surface area contributed by atoms with Crippen molar-refractivity contribution < 1.29 is 19.2 Å². The molecule has 6 heteroatoms. The first-order valence-corrected chi connectivity index (χ1v) is 9.37. The number of benzene rings is 1. The first-order valence-electron chi connectivity index (χ1n) is 9.37. The molecular formula is C21H24N2O4. The third kappa shape index (κ3) is 3.20. The molecule has 1 saturated heterocycles. The fraction of sp³-hybridized carbons (Fsp3) is 0.429. The molecule has 1 aliphatic heterocycles. The molecule has 0 saturated carbocycles. The number of barbiturate groups is 1. The van der Waals surface area contributed by atoms with E-state index in [1.54, 1.807) is 44.2 Å². The van der Waals surface area contributed by atoms with Crippen LogP contribution in [0.3, 0.4) is 0 Å². The molecule has 0 bridgehead atoms. The summed E-state index contributed by atoms with van der Waals surface area (Å²) in [5.41, 5.74) is -0.232. The summed E-state index contributed by atoms with van der Waals surface area (Å²) in [4.78, 5) is 53.7. The molecule has 1 unspecified atom stereocenters. The monoisotopic (exact) mass is 368 g/mol. The normalized spacial score (nSPS) is 23.5. The van der Waals surface area contributed by atoms with Gasteiger partial charge in [-0.05, 0) is 45.1 Å². The van der Waals surface area contributed by atoms with E-state index in [9.17, 15) is 19.2 Å². The average molecular weight is 368 g/mol. The van der Waals surface area contributed by atoms with Gasteiger partial charge in [0.25, 0.3) is 5.91 Å². The van der Waals surface area contributed by atoms with Gasteiger partial charge in [0.1, 0.15) is 5.41 Å². The molecule has 142 valence electrons. The summed E-state index contributed by atoms with van der Waals surface area (Å²) in [6.07, 6.45) is 5.34. The van der Waals surface area contributed by atoms with Crippen LogP contribution in [0.2, 0.25) is 0 Å². The summed E-state index contributed by atoms with van der Waals surface area (Å²) in [6, 6.07) is 7.82. The molecule has 0 spiro atoms. The molecule has 27 heavy (non-hydrogen) atoms. The molecule has 1 aliphatic carbocycles. The number of Topliss-reactive ketones (excluding diaryl/α,β-unsaturated/α-hetero) is 1. The Bertz CT molecular complexity index is 815. The zero-order valence-electron chi connectivity index (χ0n) is 15.7. The first kappa shape index (κ1) is 19.0. The smallest absolute Gasteiger partial charge is 0.292 e. The maximum atomic E-state index is 13.3. The Hall–Kier alpha value is -2.76. The zero-order valence-corrected chi connectivity index (χ0v) is 15.7. The van der Waals surface area contributed by atoms with Gasteiger partial charge in [0.05, 0.1) is 6.54 Å². The third-order valence-corrected chi connectivity index (χ3v) is 5.45. The predicted molar refractivity (Wildman–Crippen MR) is 99.9 cm³/mol. The molecule has 0 N–H and O–H groups in total. The van der Waals surface area contributed by atoms with Crippen LogP contribution >= 0.6 is 0 Å². The lowest BCUT2D eigenvalue weighted by Crippen LogP contribution is -2.65. The molecule has 4 amide bonds. The number of imide groups is 2. The van der Waals surface area contributed by atoms with Crippen LogP contribution in [0.5, 0.6) is 0 Å². The molecule has 0 radical (unpaired) electrons. The van der Waals surface area contributed by atoms with Crippen LogP contribution in [-0.4, -0.2) is 46.5 Å².